The Morgan fingerprint density at radius 3 is 1.41 bits per heavy atom. The molecule has 44 heavy (non-hydrogen) atoms. The average Bonchev–Trinajstić information content (AvgIpc) is 3.59. The summed E-state index contributed by atoms with van der Waals surface area (Å²) in [6.45, 7) is 14.1. The van der Waals surface area contributed by atoms with Gasteiger partial charge in [-0.15, -0.1) is 0 Å². The quantitative estimate of drug-likeness (QED) is 0.112. The molecule has 0 aromatic heterocycles. The van der Waals surface area contributed by atoms with Gasteiger partial charge in [0.05, 0.1) is 0 Å². The van der Waals surface area contributed by atoms with Gasteiger partial charge in [-0.05, 0) is 0 Å². The first-order valence-corrected chi connectivity index (χ1v) is 34.1. The van der Waals surface area contributed by atoms with Gasteiger partial charge in [0.25, 0.3) is 0 Å². The van der Waals surface area contributed by atoms with Gasteiger partial charge in [0.2, 0.25) is 0 Å². The zero-order valence-corrected chi connectivity index (χ0v) is 33.5. The first-order valence-electron chi connectivity index (χ1n) is 17.8. The fourth-order valence-corrected chi connectivity index (χ4v) is 39.2. The molecule has 0 saturated heterocycles. The van der Waals surface area contributed by atoms with Crippen LogP contribution in [0.25, 0.3) is 24.3 Å². The molecule has 0 fully saturated rings. The van der Waals surface area contributed by atoms with Gasteiger partial charge in [-0.1, -0.05) is 0 Å². The van der Waals surface area contributed by atoms with Gasteiger partial charge in [-0.3, -0.25) is 0 Å². The SMILES string of the molecule is CCCCC=Cc1cccc2c1C=C(CCCC)[CH]2[Zr]([Cl])([Cl])([CH]1C(CCCC)=Cc2c(C=CCCCC)cccc21)[SiH](C)C. The standard InChI is InChI=1S/2C19H25.C2H7Si.2ClH.Zr/c2*1-3-5-7-8-11-17-12-9-13-18-14-16(10-6-4-2)15-19(17)18;1-3-2;;;/h2*8-9,11-15H,3-7,10H2,1-2H3;3H,1-2H3;2*1H;/q;;;;;+2/p-2. The Hall–Kier alpha value is -0.920. The molecule has 0 nitrogen and oxygen atoms in total. The van der Waals surface area contributed by atoms with Crippen LogP contribution in [-0.2, 0) is 15.6 Å². The predicted octanol–water partition coefficient (Wildman–Crippen LogP) is 14.0. The van der Waals surface area contributed by atoms with Crippen LogP contribution in [0.5, 0.6) is 0 Å². The fraction of sp³-hybridized carbons (Fsp3) is 0.500. The molecule has 0 spiro atoms. The van der Waals surface area contributed by atoms with Gasteiger partial charge in [-0.2, -0.15) is 0 Å². The number of benzene rings is 2. The monoisotopic (exact) mass is 725 g/mol. The van der Waals surface area contributed by atoms with Crippen molar-refractivity contribution >= 4 is 47.3 Å². The molecule has 0 amide bonds. The van der Waals surface area contributed by atoms with Crippen molar-refractivity contribution in [2.24, 2.45) is 0 Å². The topological polar surface area (TPSA) is 0 Å². The van der Waals surface area contributed by atoms with Crippen LogP contribution in [0.2, 0.25) is 13.1 Å². The summed E-state index contributed by atoms with van der Waals surface area (Å²) in [6, 6.07) is 13.9. The Morgan fingerprint density at radius 1 is 0.636 bits per heavy atom. The van der Waals surface area contributed by atoms with E-state index in [9.17, 15) is 0 Å². The molecule has 2 atom stereocenters. The molecule has 4 rings (SSSR count). The van der Waals surface area contributed by atoms with Crippen molar-refractivity contribution in [3.8, 4) is 0 Å². The normalized spacial score (nSPS) is 19.0. The fourth-order valence-electron chi connectivity index (χ4n) is 7.66. The molecular weight excluding hydrogens is 671 g/mol. The Bertz CT molecular complexity index is 1300. The average molecular weight is 728 g/mol. The van der Waals surface area contributed by atoms with E-state index in [0.29, 0.717) is 0 Å². The summed E-state index contributed by atoms with van der Waals surface area (Å²) >= 11 is -4.72. The van der Waals surface area contributed by atoms with E-state index in [2.05, 4.69) is 114 Å². The van der Waals surface area contributed by atoms with E-state index in [-0.39, 0.29) is 7.25 Å². The molecule has 2 aromatic rings. The summed E-state index contributed by atoms with van der Waals surface area (Å²) in [7, 11) is 17.3. The number of hydrogen-bond acceptors (Lipinski definition) is 0. The maximum atomic E-state index is 8.66. The minimum absolute atomic E-state index is 0.182. The Morgan fingerprint density at radius 2 is 1.05 bits per heavy atom. The maximum absolute atomic E-state index is 8.66. The first-order chi connectivity index (χ1) is 21.2. The molecular formula is C40H57Cl2SiZr. The van der Waals surface area contributed by atoms with Crippen molar-refractivity contribution in [2.75, 3.05) is 0 Å². The van der Waals surface area contributed by atoms with Crippen LogP contribution in [0.4, 0.5) is 0 Å². The summed E-state index contributed by atoms with van der Waals surface area (Å²) in [5.41, 5.74) is 11.3. The molecule has 2 aromatic carbocycles. The van der Waals surface area contributed by atoms with Gasteiger partial charge in [0.15, 0.2) is 0 Å². The van der Waals surface area contributed by atoms with Crippen LogP contribution in [0.1, 0.15) is 145 Å². The summed E-state index contributed by atoms with van der Waals surface area (Å²) in [6.07, 6.45) is 28.6. The zero-order valence-electron chi connectivity index (χ0n) is 28.4. The second-order valence-electron chi connectivity index (χ2n) is 13.7. The van der Waals surface area contributed by atoms with Gasteiger partial charge in [-0.25, -0.2) is 0 Å². The predicted molar refractivity (Wildman–Crippen MR) is 201 cm³/mol. The Balaban J connectivity index is 1.92. The van der Waals surface area contributed by atoms with Crippen molar-refractivity contribution in [2.45, 2.75) is 125 Å². The third-order valence-electron chi connectivity index (χ3n) is 10.3. The molecule has 0 aliphatic heterocycles. The third-order valence-corrected chi connectivity index (χ3v) is 62.1. The molecule has 2 aliphatic rings. The van der Waals surface area contributed by atoms with E-state index in [1.165, 1.54) is 95.9 Å². The summed E-state index contributed by atoms with van der Waals surface area (Å²) in [5, 5.41) is 0. The van der Waals surface area contributed by atoms with E-state index in [4.69, 9.17) is 17.0 Å². The molecule has 0 bridgehead atoms. The molecule has 0 saturated carbocycles. The van der Waals surface area contributed by atoms with E-state index < -0.39 is 21.5 Å². The third kappa shape index (κ3) is 7.30. The van der Waals surface area contributed by atoms with E-state index >= 15 is 0 Å². The van der Waals surface area contributed by atoms with Crippen LogP contribution < -0.4 is 0 Å². The molecule has 0 heterocycles. The summed E-state index contributed by atoms with van der Waals surface area (Å²) in [4.78, 5) is 0. The summed E-state index contributed by atoms with van der Waals surface area (Å²) < 4.78 is 0.364. The van der Waals surface area contributed by atoms with Crippen LogP contribution in [0, 0.1) is 0 Å². The second-order valence-corrected chi connectivity index (χ2v) is 56.2. The van der Waals surface area contributed by atoms with E-state index in [1.54, 1.807) is 0 Å². The molecule has 2 unspecified atom stereocenters. The number of hydrogen-bond donors (Lipinski definition) is 0. The number of rotatable bonds is 17. The number of fused-ring (bicyclic) bond motifs is 2. The van der Waals surface area contributed by atoms with Gasteiger partial charge < -0.3 is 0 Å². The Kier molecular flexibility index (Phi) is 13.3. The van der Waals surface area contributed by atoms with Crippen LogP contribution in [-0.4, -0.2) is 5.92 Å². The molecule has 4 heteroatoms. The molecule has 0 radical (unpaired) electrons. The zero-order chi connectivity index (χ0) is 31.8. The van der Waals surface area contributed by atoms with Crippen molar-refractivity contribution in [1.29, 1.82) is 0 Å². The number of unbranched alkanes of at least 4 members (excludes halogenated alkanes) is 6. The van der Waals surface area contributed by atoms with Crippen molar-refractivity contribution in [1.82, 2.24) is 0 Å². The van der Waals surface area contributed by atoms with Crippen molar-refractivity contribution < 1.29 is 15.6 Å². The van der Waals surface area contributed by atoms with Crippen molar-refractivity contribution in [3.63, 3.8) is 0 Å². The van der Waals surface area contributed by atoms with Crippen LogP contribution in [0.15, 0.2) is 59.7 Å². The number of allylic oxidation sites excluding steroid dienone is 4. The van der Waals surface area contributed by atoms with Crippen LogP contribution in [0.3, 0.4) is 0 Å². The Labute approximate surface area is 278 Å². The van der Waals surface area contributed by atoms with E-state index in [0.717, 1.165) is 25.7 Å². The molecule has 2 aliphatic carbocycles. The summed E-state index contributed by atoms with van der Waals surface area (Å²) in [5.74, 6) is -1.56. The first kappa shape index (κ1) is 35.9. The van der Waals surface area contributed by atoms with Gasteiger partial charge >= 0.3 is 281 Å². The van der Waals surface area contributed by atoms with Crippen molar-refractivity contribution in [3.05, 3.63) is 93.1 Å². The van der Waals surface area contributed by atoms with Gasteiger partial charge in [0, 0.05) is 0 Å². The van der Waals surface area contributed by atoms with E-state index in [1.807, 2.05) is 0 Å². The van der Waals surface area contributed by atoms with Gasteiger partial charge in [0.1, 0.15) is 0 Å². The number of halogens is 2. The molecule has 239 valence electrons. The minimum atomic E-state index is -4.72. The second kappa shape index (κ2) is 16.3. The molecule has 0 N–H and O–H groups in total. The van der Waals surface area contributed by atoms with Crippen LogP contribution >= 0.6 is 17.0 Å².